The van der Waals surface area contributed by atoms with E-state index in [0.29, 0.717) is 37.4 Å². The van der Waals surface area contributed by atoms with Crippen molar-refractivity contribution in [2.75, 3.05) is 25.3 Å². The summed E-state index contributed by atoms with van der Waals surface area (Å²) in [7, 11) is 3.19. The van der Waals surface area contributed by atoms with Crippen LogP contribution in [0.2, 0.25) is 0 Å². The van der Waals surface area contributed by atoms with Gasteiger partial charge in [-0.2, -0.15) is 0 Å². The number of nitrogens with zero attached hydrogens (tertiary/aromatic N) is 3. The van der Waals surface area contributed by atoms with Gasteiger partial charge in [0.25, 0.3) is 5.91 Å². The van der Waals surface area contributed by atoms with Crippen LogP contribution in [0.3, 0.4) is 0 Å². The molecule has 0 saturated heterocycles. The van der Waals surface area contributed by atoms with Crippen LogP contribution in [0.1, 0.15) is 14.7 Å². The SMILES string of the molecule is COc1cccc(-c2cc(-c3ccccc3)nc3sc(C(=O)Nc4nnc(C)s4)c(N)c23)c1OC. The molecular weight excluding hydrogens is 482 g/mol. The summed E-state index contributed by atoms with van der Waals surface area (Å²) in [6.45, 7) is 1.82. The topological polar surface area (TPSA) is 112 Å². The molecule has 0 aliphatic carbocycles. The number of nitrogens with two attached hydrogens (primary N) is 1. The quantitative estimate of drug-likeness (QED) is 0.308. The zero-order valence-corrected chi connectivity index (χ0v) is 20.8. The van der Waals surface area contributed by atoms with Gasteiger partial charge < -0.3 is 15.2 Å². The van der Waals surface area contributed by atoms with Crippen LogP contribution in [0.4, 0.5) is 10.8 Å². The van der Waals surface area contributed by atoms with Crippen molar-refractivity contribution in [1.82, 2.24) is 15.2 Å². The van der Waals surface area contributed by atoms with E-state index in [1.807, 2.05) is 61.5 Å². The minimum Gasteiger partial charge on any atom is -0.493 e. The average molecular weight is 504 g/mol. The van der Waals surface area contributed by atoms with Crippen LogP contribution in [0.5, 0.6) is 11.5 Å². The van der Waals surface area contributed by atoms with E-state index in [-0.39, 0.29) is 5.91 Å². The van der Waals surface area contributed by atoms with Crippen LogP contribution in [0.15, 0.2) is 54.6 Å². The zero-order valence-electron chi connectivity index (χ0n) is 19.2. The number of para-hydroxylation sites is 1. The number of amides is 1. The first-order valence-corrected chi connectivity index (χ1v) is 12.2. The van der Waals surface area contributed by atoms with Crippen LogP contribution in [-0.4, -0.2) is 35.3 Å². The first-order valence-electron chi connectivity index (χ1n) is 10.6. The van der Waals surface area contributed by atoms with Gasteiger partial charge in [0.1, 0.15) is 14.7 Å². The van der Waals surface area contributed by atoms with E-state index in [4.69, 9.17) is 20.2 Å². The number of rotatable bonds is 6. The lowest BCUT2D eigenvalue weighted by Gasteiger charge is -2.15. The molecule has 3 aromatic heterocycles. The second kappa shape index (κ2) is 9.32. The monoisotopic (exact) mass is 503 g/mol. The summed E-state index contributed by atoms with van der Waals surface area (Å²) in [4.78, 5) is 19.0. The number of ether oxygens (including phenoxy) is 2. The fraction of sp³-hybridized carbons (Fsp3) is 0.120. The molecular formula is C25H21N5O3S2. The van der Waals surface area contributed by atoms with Gasteiger partial charge in [0, 0.05) is 22.1 Å². The number of fused-ring (bicyclic) bond motifs is 1. The lowest BCUT2D eigenvalue weighted by Crippen LogP contribution is -2.11. The summed E-state index contributed by atoms with van der Waals surface area (Å²) in [6.07, 6.45) is 0. The van der Waals surface area contributed by atoms with E-state index >= 15 is 0 Å². The second-order valence-corrected chi connectivity index (χ2v) is 9.75. The molecule has 0 radical (unpaired) electrons. The number of aryl methyl sites for hydroxylation is 1. The van der Waals surface area contributed by atoms with Gasteiger partial charge in [0.05, 0.1) is 25.6 Å². The number of nitrogens with one attached hydrogen (secondary N) is 1. The molecule has 8 nitrogen and oxygen atoms in total. The number of methoxy groups -OCH3 is 2. The Hall–Kier alpha value is -4.02. The average Bonchev–Trinajstić information content (AvgIpc) is 3.45. The Morgan fingerprint density at radius 1 is 0.971 bits per heavy atom. The van der Waals surface area contributed by atoms with Crippen LogP contribution >= 0.6 is 22.7 Å². The summed E-state index contributed by atoms with van der Waals surface area (Å²) in [5, 5.41) is 12.6. The van der Waals surface area contributed by atoms with Crippen molar-refractivity contribution < 1.29 is 14.3 Å². The van der Waals surface area contributed by atoms with Crippen molar-refractivity contribution in [3.63, 3.8) is 0 Å². The third-order valence-corrected chi connectivity index (χ3v) is 7.27. The molecule has 176 valence electrons. The maximum Gasteiger partial charge on any atom is 0.269 e. The molecule has 0 aliphatic heterocycles. The Balaban J connectivity index is 1.74. The highest BCUT2D eigenvalue weighted by Gasteiger charge is 2.24. The van der Waals surface area contributed by atoms with Gasteiger partial charge in [-0.1, -0.05) is 53.8 Å². The largest absolute Gasteiger partial charge is 0.493 e. The molecule has 3 N–H and O–H groups in total. The van der Waals surface area contributed by atoms with E-state index in [1.54, 1.807) is 14.2 Å². The molecule has 0 aliphatic rings. The van der Waals surface area contributed by atoms with Crippen LogP contribution < -0.4 is 20.5 Å². The van der Waals surface area contributed by atoms with Gasteiger partial charge in [-0.25, -0.2) is 4.98 Å². The summed E-state index contributed by atoms with van der Waals surface area (Å²) in [5.41, 5.74) is 10.2. The number of benzene rings is 2. The van der Waals surface area contributed by atoms with Crippen LogP contribution in [0, 0.1) is 6.92 Å². The zero-order chi connectivity index (χ0) is 24.5. The fourth-order valence-electron chi connectivity index (χ4n) is 3.86. The molecule has 10 heteroatoms. The van der Waals surface area contributed by atoms with Crippen molar-refractivity contribution in [3.05, 3.63) is 64.5 Å². The van der Waals surface area contributed by atoms with Crippen molar-refractivity contribution in [2.45, 2.75) is 6.92 Å². The third kappa shape index (κ3) is 4.17. The number of pyridine rings is 1. The van der Waals surface area contributed by atoms with E-state index in [1.165, 1.54) is 22.7 Å². The molecule has 0 atom stereocenters. The maximum atomic E-state index is 13.1. The van der Waals surface area contributed by atoms with Crippen LogP contribution in [-0.2, 0) is 0 Å². The second-order valence-electron chi connectivity index (χ2n) is 7.57. The lowest BCUT2D eigenvalue weighted by atomic mass is 9.98. The van der Waals surface area contributed by atoms with E-state index in [9.17, 15) is 4.79 Å². The third-order valence-electron chi connectivity index (χ3n) is 5.41. The number of thiophene rings is 1. The summed E-state index contributed by atoms with van der Waals surface area (Å²) >= 11 is 2.53. The minimum atomic E-state index is -0.355. The van der Waals surface area contributed by atoms with E-state index in [0.717, 1.165) is 27.4 Å². The van der Waals surface area contributed by atoms with Gasteiger partial charge in [-0.15, -0.1) is 21.5 Å². The number of aromatic nitrogens is 3. The molecule has 5 rings (SSSR count). The van der Waals surface area contributed by atoms with Gasteiger partial charge in [-0.05, 0) is 19.1 Å². The summed E-state index contributed by atoms with van der Waals surface area (Å²) in [6, 6.07) is 17.5. The molecule has 0 saturated carbocycles. The normalized spacial score (nSPS) is 10.9. The van der Waals surface area contributed by atoms with E-state index < -0.39 is 0 Å². The molecule has 0 unspecified atom stereocenters. The Labute approximate surface area is 209 Å². The Morgan fingerprint density at radius 3 is 2.46 bits per heavy atom. The molecule has 5 aromatic rings. The molecule has 2 aromatic carbocycles. The molecule has 3 heterocycles. The Bertz CT molecular complexity index is 1550. The number of hydrogen-bond acceptors (Lipinski definition) is 9. The Morgan fingerprint density at radius 2 is 1.77 bits per heavy atom. The van der Waals surface area contributed by atoms with Crippen molar-refractivity contribution >= 4 is 49.6 Å². The van der Waals surface area contributed by atoms with Crippen molar-refractivity contribution in [2.24, 2.45) is 0 Å². The minimum absolute atomic E-state index is 0.343. The van der Waals surface area contributed by atoms with Crippen LogP contribution in [0.25, 0.3) is 32.6 Å². The first kappa shape index (κ1) is 22.8. The molecule has 35 heavy (non-hydrogen) atoms. The van der Waals surface area contributed by atoms with Crippen molar-refractivity contribution in [1.29, 1.82) is 0 Å². The maximum absolute atomic E-state index is 13.1. The predicted molar refractivity (Wildman–Crippen MR) is 141 cm³/mol. The van der Waals surface area contributed by atoms with E-state index in [2.05, 4.69) is 15.5 Å². The number of nitrogen functional groups attached to an aromatic ring is 1. The van der Waals surface area contributed by atoms with Gasteiger partial charge in [0.15, 0.2) is 11.5 Å². The molecule has 1 amide bonds. The highest BCUT2D eigenvalue weighted by molar-refractivity contribution is 7.21. The number of carbonyl (C=O) groups is 1. The smallest absolute Gasteiger partial charge is 0.269 e. The molecule has 0 fully saturated rings. The highest BCUT2D eigenvalue weighted by Crippen LogP contribution is 2.46. The summed E-state index contributed by atoms with van der Waals surface area (Å²) < 4.78 is 11.2. The number of hydrogen-bond donors (Lipinski definition) is 2. The van der Waals surface area contributed by atoms with Crippen molar-refractivity contribution in [3.8, 4) is 33.9 Å². The number of carbonyl (C=O) groups excluding carboxylic acids is 1. The lowest BCUT2D eigenvalue weighted by molar-refractivity contribution is 0.103. The highest BCUT2D eigenvalue weighted by atomic mass is 32.1. The standard InChI is InChI=1S/C25H21N5O3S2/c1-13-29-30-25(34-13)28-23(31)22-20(26)19-16(15-10-7-11-18(32-2)21(15)33-3)12-17(27-24(19)35-22)14-8-5-4-6-9-14/h4-12H,26H2,1-3H3,(H,28,30,31). The molecule has 0 spiro atoms. The summed E-state index contributed by atoms with van der Waals surface area (Å²) in [5.74, 6) is 0.809. The number of anilines is 2. The Kier molecular flexibility index (Phi) is 6.06. The molecule has 0 bridgehead atoms. The van der Waals surface area contributed by atoms with Gasteiger partial charge in [0.2, 0.25) is 5.13 Å². The van der Waals surface area contributed by atoms with Gasteiger partial charge >= 0.3 is 0 Å². The van der Waals surface area contributed by atoms with Gasteiger partial charge in [-0.3, -0.25) is 10.1 Å². The fourth-order valence-corrected chi connectivity index (χ4v) is 5.46. The first-order chi connectivity index (χ1) is 17.0. The predicted octanol–water partition coefficient (Wildman–Crippen LogP) is 5.64.